The van der Waals surface area contributed by atoms with E-state index in [0.29, 0.717) is 0 Å². The highest BCUT2D eigenvalue weighted by Crippen LogP contribution is 2.15. The van der Waals surface area contributed by atoms with Crippen LogP contribution in [0.4, 0.5) is 4.39 Å². The minimum Gasteiger partial charge on any atom is -0.459 e. The largest absolute Gasteiger partial charge is 0.459 e. The fraction of sp³-hybridized carbons (Fsp3) is 0.429. The molecule has 0 spiro atoms. The van der Waals surface area contributed by atoms with Crippen LogP contribution in [0.15, 0.2) is 18.2 Å². The van der Waals surface area contributed by atoms with E-state index in [1.165, 1.54) is 6.07 Å². The number of benzene rings is 1. The number of sulfone groups is 1. The van der Waals surface area contributed by atoms with Crippen LogP contribution in [-0.2, 0) is 25.1 Å². The van der Waals surface area contributed by atoms with Gasteiger partial charge >= 0.3 is 5.97 Å². The van der Waals surface area contributed by atoms with Crippen molar-refractivity contribution in [1.29, 1.82) is 5.26 Å². The maximum absolute atomic E-state index is 13.6. The average Bonchev–Trinajstić information content (AvgIpc) is 2.28. The summed E-state index contributed by atoms with van der Waals surface area (Å²) in [5.41, 5.74) is -0.782. The molecule has 114 valence electrons. The number of nitrogens with zero attached hydrogens (tertiary/aromatic N) is 1. The Kier molecular flexibility index (Phi) is 5.07. The normalized spacial score (nSPS) is 11.8. The van der Waals surface area contributed by atoms with Gasteiger partial charge in [-0.2, -0.15) is 5.26 Å². The Bertz CT molecular complexity index is 684. The second-order valence-corrected chi connectivity index (χ2v) is 7.60. The number of ether oxygens (including phenoxy) is 1. The van der Waals surface area contributed by atoms with E-state index in [1.807, 2.05) is 0 Å². The summed E-state index contributed by atoms with van der Waals surface area (Å²) in [5.74, 6) is -3.12. The van der Waals surface area contributed by atoms with Gasteiger partial charge in [0.1, 0.15) is 17.2 Å². The van der Waals surface area contributed by atoms with Crippen LogP contribution >= 0.6 is 0 Å². The van der Waals surface area contributed by atoms with Gasteiger partial charge in [0, 0.05) is 5.56 Å². The number of hydrogen-bond donors (Lipinski definition) is 0. The highest BCUT2D eigenvalue weighted by molar-refractivity contribution is 7.91. The number of nitriles is 1. The van der Waals surface area contributed by atoms with Gasteiger partial charge in [-0.05, 0) is 39.0 Å². The topological polar surface area (TPSA) is 84.2 Å². The minimum atomic E-state index is -3.88. The standard InChI is InChI=1S/C14H16FNO4S/c1-14(2,3)20-13(17)9-21(18,19)8-11-6-10(7-16)4-5-12(11)15/h4-6H,8-9H2,1-3H3. The molecule has 7 heteroatoms. The van der Waals surface area contributed by atoms with E-state index in [2.05, 4.69) is 0 Å². The summed E-state index contributed by atoms with van der Waals surface area (Å²) in [6.07, 6.45) is 0. The SMILES string of the molecule is CC(C)(C)OC(=O)CS(=O)(=O)Cc1cc(C#N)ccc1F. The third kappa shape index (κ3) is 5.92. The summed E-state index contributed by atoms with van der Waals surface area (Å²) >= 11 is 0. The van der Waals surface area contributed by atoms with E-state index in [-0.39, 0.29) is 11.1 Å². The first-order chi connectivity index (χ1) is 9.52. The molecule has 1 rings (SSSR count). The third-order valence-electron chi connectivity index (χ3n) is 2.31. The van der Waals surface area contributed by atoms with Gasteiger partial charge in [-0.15, -0.1) is 0 Å². The number of hydrogen-bond acceptors (Lipinski definition) is 5. The highest BCUT2D eigenvalue weighted by atomic mass is 32.2. The molecule has 0 atom stereocenters. The molecule has 0 fully saturated rings. The minimum absolute atomic E-state index is 0.141. The first-order valence-electron chi connectivity index (χ1n) is 6.13. The van der Waals surface area contributed by atoms with E-state index in [1.54, 1.807) is 26.8 Å². The molecule has 0 amide bonds. The molecule has 0 unspecified atom stereocenters. The Labute approximate surface area is 123 Å². The van der Waals surface area contributed by atoms with Crippen LogP contribution in [0.2, 0.25) is 0 Å². The van der Waals surface area contributed by atoms with Gasteiger partial charge < -0.3 is 4.74 Å². The monoisotopic (exact) mass is 313 g/mol. The zero-order valence-corrected chi connectivity index (χ0v) is 12.8. The second kappa shape index (κ2) is 6.22. The molecular formula is C14H16FNO4S. The molecule has 5 nitrogen and oxygen atoms in total. The van der Waals surface area contributed by atoms with E-state index in [9.17, 15) is 17.6 Å². The van der Waals surface area contributed by atoms with Crippen LogP contribution in [0.5, 0.6) is 0 Å². The summed E-state index contributed by atoms with van der Waals surface area (Å²) in [7, 11) is -3.88. The Morgan fingerprint density at radius 2 is 2.00 bits per heavy atom. The molecular weight excluding hydrogens is 297 g/mol. The quantitative estimate of drug-likeness (QED) is 0.793. The number of esters is 1. The van der Waals surface area contributed by atoms with Gasteiger partial charge in [0.2, 0.25) is 0 Å². The molecule has 0 bridgehead atoms. The van der Waals surface area contributed by atoms with Gasteiger partial charge in [0.25, 0.3) is 0 Å². The van der Waals surface area contributed by atoms with Crippen molar-refractivity contribution in [2.45, 2.75) is 32.1 Å². The summed E-state index contributed by atoms with van der Waals surface area (Å²) < 4.78 is 42.3. The average molecular weight is 313 g/mol. The second-order valence-electron chi connectivity index (χ2n) is 5.54. The summed E-state index contributed by atoms with van der Waals surface area (Å²) in [5, 5.41) is 8.73. The third-order valence-corrected chi connectivity index (χ3v) is 3.73. The molecule has 0 saturated carbocycles. The van der Waals surface area contributed by atoms with Crippen LogP contribution in [-0.4, -0.2) is 25.7 Å². The lowest BCUT2D eigenvalue weighted by Gasteiger charge is -2.19. The van der Waals surface area contributed by atoms with Crippen LogP contribution < -0.4 is 0 Å². The van der Waals surface area contributed by atoms with Gasteiger partial charge in [-0.3, -0.25) is 4.79 Å². The molecule has 0 radical (unpaired) electrons. The number of rotatable bonds is 4. The maximum atomic E-state index is 13.6. The zero-order valence-electron chi connectivity index (χ0n) is 12.0. The first-order valence-corrected chi connectivity index (χ1v) is 7.95. The fourth-order valence-corrected chi connectivity index (χ4v) is 2.81. The van der Waals surface area contributed by atoms with Crippen molar-refractivity contribution in [3.8, 4) is 6.07 Å². The first kappa shape index (κ1) is 17.1. The predicted octanol–water partition coefficient (Wildman–Crippen LogP) is 1.95. The molecule has 0 N–H and O–H groups in total. The smallest absolute Gasteiger partial charge is 0.321 e. The molecule has 0 aliphatic carbocycles. The molecule has 0 aromatic heterocycles. The molecule has 0 heterocycles. The van der Waals surface area contributed by atoms with Gasteiger partial charge in [0.15, 0.2) is 9.84 Å². The fourth-order valence-electron chi connectivity index (χ4n) is 1.59. The molecule has 0 aliphatic heterocycles. The van der Waals surface area contributed by atoms with Crippen molar-refractivity contribution in [3.63, 3.8) is 0 Å². The predicted molar refractivity (Wildman–Crippen MR) is 74.5 cm³/mol. The zero-order chi connectivity index (χ0) is 16.3. The van der Waals surface area contributed by atoms with Gasteiger partial charge in [0.05, 0.1) is 17.4 Å². The van der Waals surface area contributed by atoms with Crippen LogP contribution in [0.3, 0.4) is 0 Å². The maximum Gasteiger partial charge on any atom is 0.321 e. The molecule has 0 saturated heterocycles. The van der Waals surface area contributed by atoms with Crippen molar-refractivity contribution >= 4 is 15.8 Å². The molecule has 1 aromatic rings. The van der Waals surface area contributed by atoms with Crippen molar-refractivity contribution in [1.82, 2.24) is 0 Å². The summed E-state index contributed by atoms with van der Waals surface area (Å²) in [6, 6.07) is 5.23. The van der Waals surface area contributed by atoms with Crippen LogP contribution in [0.25, 0.3) is 0 Å². The number of carbonyl (C=O) groups is 1. The van der Waals surface area contributed by atoms with Gasteiger partial charge in [-0.1, -0.05) is 0 Å². The summed E-state index contributed by atoms with van der Waals surface area (Å²) in [6.45, 7) is 4.86. The van der Waals surface area contributed by atoms with Crippen molar-refractivity contribution in [3.05, 3.63) is 35.1 Å². The van der Waals surface area contributed by atoms with E-state index in [4.69, 9.17) is 10.00 Å². The lowest BCUT2D eigenvalue weighted by molar-refractivity contribution is -0.151. The lowest BCUT2D eigenvalue weighted by atomic mass is 10.1. The van der Waals surface area contributed by atoms with E-state index >= 15 is 0 Å². The van der Waals surface area contributed by atoms with E-state index < -0.39 is 38.7 Å². The van der Waals surface area contributed by atoms with Crippen molar-refractivity contribution < 1.29 is 22.3 Å². The van der Waals surface area contributed by atoms with Crippen molar-refractivity contribution in [2.24, 2.45) is 0 Å². The number of halogens is 1. The lowest BCUT2D eigenvalue weighted by Crippen LogP contribution is -2.29. The Hall–Kier alpha value is -1.94. The molecule has 1 aromatic carbocycles. The Morgan fingerprint density at radius 3 is 2.52 bits per heavy atom. The molecule has 0 aliphatic rings. The Morgan fingerprint density at radius 1 is 1.38 bits per heavy atom. The number of carbonyl (C=O) groups excluding carboxylic acids is 1. The highest BCUT2D eigenvalue weighted by Gasteiger charge is 2.24. The Balaban J connectivity index is 2.87. The summed E-state index contributed by atoms with van der Waals surface area (Å²) in [4.78, 5) is 11.5. The van der Waals surface area contributed by atoms with Gasteiger partial charge in [-0.25, -0.2) is 12.8 Å². The van der Waals surface area contributed by atoms with Crippen LogP contribution in [0, 0.1) is 17.1 Å². The van der Waals surface area contributed by atoms with Crippen LogP contribution in [0.1, 0.15) is 31.9 Å². The van der Waals surface area contributed by atoms with Crippen molar-refractivity contribution in [2.75, 3.05) is 5.75 Å². The molecule has 21 heavy (non-hydrogen) atoms. The van der Waals surface area contributed by atoms with E-state index in [0.717, 1.165) is 12.1 Å².